The second-order valence-corrected chi connectivity index (χ2v) is 5.53. The predicted molar refractivity (Wildman–Crippen MR) is 83.5 cm³/mol. The van der Waals surface area contributed by atoms with Crippen LogP contribution < -0.4 is 5.69 Å². The molecule has 0 atom stereocenters. The summed E-state index contributed by atoms with van der Waals surface area (Å²) in [5.41, 5.74) is 0.649. The van der Waals surface area contributed by atoms with E-state index in [1.165, 1.54) is 28.8 Å². The molecule has 3 rings (SSSR count). The van der Waals surface area contributed by atoms with Crippen molar-refractivity contribution in [1.29, 1.82) is 0 Å². The largest absolute Gasteiger partial charge is 0.478 e. The standard InChI is InChI=1S/C14H8FIN2O3/c15-7-4-5-11(9(16)6-7)18-12-8(13(19)20)2-1-3-10(12)17-14(18)21/h1-6H,(H,17,21)(H,19,20). The number of hydrogen-bond donors (Lipinski definition) is 2. The Morgan fingerprint density at radius 1 is 1.29 bits per heavy atom. The van der Waals surface area contributed by atoms with Crippen molar-refractivity contribution >= 4 is 39.6 Å². The van der Waals surface area contributed by atoms with Crippen molar-refractivity contribution in [2.24, 2.45) is 0 Å². The third-order valence-corrected chi connectivity index (χ3v) is 3.95. The molecule has 0 aliphatic carbocycles. The van der Waals surface area contributed by atoms with Crippen LogP contribution in [0.3, 0.4) is 0 Å². The Kier molecular flexibility index (Phi) is 3.28. The van der Waals surface area contributed by atoms with Gasteiger partial charge in [-0.2, -0.15) is 0 Å². The van der Waals surface area contributed by atoms with E-state index in [2.05, 4.69) is 4.98 Å². The number of aromatic amines is 1. The van der Waals surface area contributed by atoms with E-state index in [-0.39, 0.29) is 11.1 Å². The van der Waals surface area contributed by atoms with Gasteiger partial charge in [0.05, 0.1) is 22.3 Å². The first-order valence-corrected chi connectivity index (χ1v) is 6.99. The maximum absolute atomic E-state index is 13.2. The lowest BCUT2D eigenvalue weighted by Crippen LogP contribution is -2.16. The van der Waals surface area contributed by atoms with Gasteiger partial charge in [0.15, 0.2) is 0 Å². The Labute approximate surface area is 131 Å². The molecule has 0 aliphatic rings. The van der Waals surface area contributed by atoms with Gasteiger partial charge in [0.1, 0.15) is 5.82 Å². The molecule has 1 aromatic heterocycles. The van der Waals surface area contributed by atoms with Crippen LogP contribution in [0.25, 0.3) is 16.7 Å². The zero-order valence-electron chi connectivity index (χ0n) is 10.4. The third kappa shape index (κ3) is 2.23. The molecule has 21 heavy (non-hydrogen) atoms. The SMILES string of the molecule is O=C(O)c1cccc2[nH]c(=O)n(-c3ccc(F)cc3I)c12. The highest BCUT2D eigenvalue weighted by Gasteiger charge is 2.18. The van der Waals surface area contributed by atoms with Crippen LogP contribution in [0.4, 0.5) is 4.39 Å². The van der Waals surface area contributed by atoms with E-state index < -0.39 is 17.5 Å². The summed E-state index contributed by atoms with van der Waals surface area (Å²) < 4.78 is 15.0. The van der Waals surface area contributed by atoms with Gasteiger partial charge < -0.3 is 10.1 Å². The first kappa shape index (κ1) is 13.8. The van der Waals surface area contributed by atoms with E-state index in [1.54, 1.807) is 12.1 Å². The van der Waals surface area contributed by atoms with Gasteiger partial charge in [0.25, 0.3) is 0 Å². The van der Waals surface area contributed by atoms with Gasteiger partial charge in [-0.3, -0.25) is 4.57 Å². The smallest absolute Gasteiger partial charge is 0.337 e. The number of nitrogens with one attached hydrogen (secondary N) is 1. The number of benzene rings is 2. The number of imidazole rings is 1. The predicted octanol–water partition coefficient (Wildman–Crippen LogP) is 2.76. The Bertz CT molecular complexity index is 930. The minimum atomic E-state index is -1.13. The van der Waals surface area contributed by atoms with Crippen LogP contribution in [0.2, 0.25) is 0 Å². The maximum atomic E-state index is 13.2. The van der Waals surface area contributed by atoms with E-state index in [9.17, 15) is 19.1 Å². The number of carboxylic acids is 1. The number of aromatic nitrogens is 2. The van der Waals surface area contributed by atoms with Crippen molar-refractivity contribution in [2.45, 2.75) is 0 Å². The van der Waals surface area contributed by atoms with E-state index in [0.717, 1.165) is 0 Å². The number of halogens is 2. The molecule has 0 radical (unpaired) electrons. The van der Waals surface area contributed by atoms with Crippen LogP contribution in [0.15, 0.2) is 41.2 Å². The Morgan fingerprint density at radius 3 is 2.71 bits per heavy atom. The van der Waals surface area contributed by atoms with Crippen LogP contribution >= 0.6 is 22.6 Å². The molecule has 0 saturated heterocycles. The molecule has 7 heteroatoms. The highest BCUT2D eigenvalue weighted by molar-refractivity contribution is 14.1. The minimum absolute atomic E-state index is 0.00553. The van der Waals surface area contributed by atoms with Gasteiger partial charge in [0, 0.05) is 3.57 Å². The molecular formula is C14H8FIN2O3. The monoisotopic (exact) mass is 398 g/mol. The molecule has 0 unspecified atom stereocenters. The summed E-state index contributed by atoms with van der Waals surface area (Å²) >= 11 is 1.90. The molecule has 1 heterocycles. The average Bonchev–Trinajstić information content (AvgIpc) is 2.74. The summed E-state index contributed by atoms with van der Waals surface area (Å²) in [4.78, 5) is 26.1. The van der Waals surface area contributed by atoms with Gasteiger partial charge >= 0.3 is 11.7 Å². The number of fused-ring (bicyclic) bond motifs is 1. The quantitative estimate of drug-likeness (QED) is 0.652. The highest BCUT2D eigenvalue weighted by atomic mass is 127. The topological polar surface area (TPSA) is 75.1 Å². The molecule has 106 valence electrons. The summed E-state index contributed by atoms with van der Waals surface area (Å²) in [5.74, 6) is -1.56. The molecule has 0 bridgehead atoms. The van der Waals surface area contributed by atoms with E-state index in [1.807, 2.05) is 22.6 Å². The van der Waals surface area contributed by atoms with Gasteiger partial charge in [-0.15, -0.1) is 0 Å². The second kappa shape index (κ2) is 4.99. The van der Waals surface area contributed by atoms with Crippen molar-refractivity contribution in [2.75, 3.05) is 0 Å². The molecule has 5 nitrogen and oxygen atoms in total. The van der Waals surface area contributed by atoms with Crippen molar-refractivity contribution in [1.82, 2.24) is 9.55 Å². The number of rotatable bonds is 2. The molecule has 0 amide bonds. The van der Waals surface area contributed by atoms with Gasteiger partial charge in [-0.25, -0.2) is 14.0 Å². The minimum Gasteiger partial charge on any atom is -0.478 e. The third-order valence-electron chi connectivity index (χ3n) is 3.09. The van der Waals surface area contributed by atoms with Gasteiger partial charge in [-0.05, 0) is 52.9 Å². The van der Waals surface area contributed by atoms with E-state index in [0.29, 0.717) is 14.8 Å². The Balaban J connectivity index is 2.45. The number of nitrogens with zero attached hydrogens (tertiary/aromatic N) is 1. The number of aromatic carboxylic acids is 1. The fourth-order valence-electron chi connectivity index (χ4n) is 2.22. The van der Waals surface area contributed by atoms with Gasteiger partial charge in [-0.1, -0.05) is 6.07 Å². The number of hydrogen-bond acceptors (Lipinski definition) is 2. The van der Waals surface area contributed by atoms with Crippen molar-refractivity contribution < 1.29 is 14.3 Å². The zero-order valence-corrected chi connectivity index (χ0v) is 12.6. The average molecular weight is 398 g/mol. The van der Waals surface area contributed by atoms with Crippen LogP contribution in [0.5, 0.6) is 0 Å². The molecule has 0 saturated carbocycles. The molecule has 0 fully saturated rings. The number of H-pyrrole nitrogens is 1. The summed E-state index contributed by atoms with van der Waals surface area (Å²) in [6, 6.07) is 8.56. The summed E-state index contributed by atoms with van der Waals surface area (Å²) in [6.07, 6.45) is 0. The van der Waals surface area contributed by atoms with Crippen molar-refractivity contribution in [3.05, 3.63) is 61.8 Å². The Morgan fingerprint density at radius 2 is 2.05 bits per heavy atom. The summed E-state index contributed by atoms with van der Waals surface area (Å²) in [6.45, 7) is 0. The highest BCUT2D eigenvalue weighted by Crippen LogP contribution is 2.23. The van der Waals surface area contributed by atoms with E-state index in [4.69, 9.17) is 0 Å². The van der Waals surface area contributed by atoms with E-state index >= 15 is 0 Å². The summed E-state index contributed by atoms with van der Waals surface area (Å²) in [7, 11) is 0. The molecule has 2 N–H and O–H groups in total. The van der Waals surface area contributed by atoms with Crippen molar-refractivity contribution in [3.8, 4) is 5.69 Å². The van der Waals surface area contributed by atoms with Crippen LogP contribution in [-0.2, 0) is 0 Å². The fraction of sp³-hybridized carbons (Fsp3) is 0. The zero-order chi connectivity index (χ0) is 15.1. The van der Waals surface area contributed by atoms with Crippen LogP contribution in [-0.4, -0.2) is 20.6 Å². The molecule has 0 spiro atoms. The first-order chi connectivity index (χ1) is 9.99. The summed E-state index contributed by atoms with van der Waals surface area (Å²) in [5, 5.41) is 9.29. The normalized spacial score (nSPS) is 11.0. The molecule has 3 aromatic rings. The second-order valence-electron chi connectivity index (χ2n) is 4.37. The first-order valence-electron chi connectivity index (χ1n) is 5.91. The number of carboxylic acid groups (broad SMARTS) is 1. The lowest BCUT2D eigenvalue weighted by atomic mass is 10.2. The van der Waals surface area contributed by atoms with Crippen molar-refractivity contribution in [3.63, 3.8) is 0 Å². The molecule has 0 aliphatic heterocycles. The van der Waals surface area contributed by atoms with Crippen LogP contribution in [0, 0.1) is 9.39 Å². The number of para-hydroxylation sites is 1. The van der Waals surface area contributed by atoms with Gasteiger partial charge in [0.2, 0.25) is 0 Å². The van der Waals surface area contributed by atoms with Crippen LogP contribution in [0.1, 0.15) is 10.4 Å². The number of carbonyl (C=O) groups is 1. The maximum Gasteiger partial charge on any atom is 0.337 e. The molecular weight excluding hydrogens is 390 g/mol. The Hall–Kier alpha value is -2.16. The fourth-order valence-corrected chi connectivity index (χ4v) is 2.94. The lowest BCUT2D eigenvalue weighted by Gasteiger charge is -2.08. The molecule has 2 aromatic carbocycles. The lowest BCUT2D eigenvalue weighted by molar-refractivity contribution is 0.0698.